The zero-order valence-corrected chi connectivity index (χ0v) is 27.8. The quantitative estimate of drug-likeness (QED) is 0.0343. The summed E-state index contributed by atoms with van der Waals surface area (Å²) in [4.78, 5) is 22.7. The Labute approximate surface area is 295 Å². The van der Waals surface area contributed by atoms with Gasteiger partial charge in [-0.25, -0.2) is 14.8 Å². The molecule has 0 saturated carbocycles. The van der Waals surface area contributed by atoms with Crippen molar-refractivity contribution in [2.45, 2.75) is 30.9 Å². The summed E-state index contributed by atoms with van der Waals surface area (Å²) in [6.45, 7) is 0.773. The van der Waals surface area contributed by atoms with Gasteiger partial charge < -0.3 is 14.6 Å². The molecule has 11 heteroatoms. The van der Waals surface area contributed by atoms with E-state index in [1.54, 1.807) is 36.4 Å². The predicted octanol–water partition coefficient (Wildman–Crippen LogP) is 7.56. The van der Waals surface area contributed by atoms with Crippen LogP contribution in [0.1, 0.15) is 34.8 Å². The summed E-state index contributed by atoms with van der Waals surface area (Å²) < 4.78 is 25.8. The van der Waals surface area contributed by atoms with Gasteiger partial charge in [0, 0.05) is 42.2 Å². The van der Waals surface area contributed by atoms with Gasteiger partial charge in [0.15, 0.2) is 11.6 Å². The number of aliphatic imine (C=N–C) groups is 1. The van der Waals surface area contributed by atoms with Crippen LogP contribution in [-0.4, -0.2) is 42.2 Å². The number of halogens is 1. The van der Waals surface area contributed by atoms with Crippen molar-refractivity contribution in [2.75, 3.05) is 19.8 Å². The van der Waals surface area contributed by atoms with E-state index in [0.717, 1.165) is 22.3 Å². The number of hydrazine groups is 1. The molecule has 1 aliphatic rings. The van der Waals surface area contributed by atoms with Crippen LogP contribution < -0.4 is 15.6 Å². The number of amides is 1. The lowest BCUT2D eigenvalue weighted by molar-refractivity contribution is -0.130. The van der Waals surface area contributed by atoms with Gasteiger partial charge in [-0.2, -0.15) is 0 Å². The fourth-order valence-electron chi connectivity index (χ4n) is 5.97. The molecule has 0 aliphatic carbocycles. The monoisotopic (exact) mass is 684 g/mol. The van der Waals surface area contributed by atoms with Gasteiger partial charge in [0.2, 0.25) is 5.90 Å². The van der Waals surface area contributed by atoms with Gasteiger partial charge in [0.25, 0.3) is 5.91 Å². The van der Waals surface area contributed by atoms with Crippen molar-refractivity contribution in [1.82, 2.24) is 10.9 Å². The van der Waals surface area contributed by atoms with E-state index in [-0.39, 0.29) is 24.7 Å². The second kappa shape index (κ2) is 16.6. The van der Waals surface area contributed by atoms with E-state index in [4.69, 9.17) is 19.6 Å². The Balaban J connectivity index is 1.38. The summed E-state index contributed by atoms with van der Waals surface area (Å²) in [6, 6.07) is 38.3. The predicted molar refractivity (Wildman–Crippen MR) is 194 cm³/mol. The lowest BCUT2D eigenvalue weighted by atomic mass is 9.81. The number of benzene rings is 5. The SMILES string of the molecule is [N-]=[N+]=Nc1ccccc1C[C@]1(C(=O)NNCCc2ccc(F)cc2)N=C(c2ccc(OCCCO)cc2)O[C@H]1c1ccc(-c2ccccc2)cc1. The number of ether oxygens (including phenoxy) is 2. The van der Waals surface area contributed by atoms with E-state index in [1.165, 1.54) is 12.1 Å². The second-order valence-electron chi connectivity index (χ2n) is 12.0. The van der Waals surface area contributed by atoms with Crippen molar-refractivity contribution in [1.29, 1.82) is 0 Å². The van der Waals surface area contributed by atoms with Crippen molar-refractivity contribution >= 4 is 17.5 Å². The Kier molecular flexibility index (Phi) is 11.3. The molecule has 0 saturated heterocycles. The van der Waals surface area contributed by atoms with E-state index in [1.807, 2.05) is 78.9 Å². The highest BCUT2D eigenvalue weighted by Gasteiger charge is 2.53. The molecular weight excluding hydrogens is 647 g/mol. The molecule has 2 atom stereocenters. The lowest BCUT2D eigenvalue weighted by Crippen LogP contribution is -2.54. The average Bonchev–Trinajstić information content (AvgIpc) is 3.56. The average molecular weight is 685 g/mol. The summed E-state index contributed by atoms with van der Waals surface area (Å²) in [5.41, 5.74) is 19.0. The van der Waals surface area contributed by atoms with Crippen LogP contribution in [0.15, 0.2) is 138 Å². The van der Waals surface area contributed by atoms with Crippen LogP contribution in [-0.2, 0) is 22.4 Å². The summed E-state index contributed by atoms with van der Waals surface area (Å²) in [5.74, 6) is 0.117. The first-order valence-corrected chi connectivity index (χ1v) is 16.7. The minimum atomic E-state index is -1.55. The molecule has 5 aromatic carbocycles. The molecule has 6 rings (SSSR count). The molecule has 1 aliphatic heterocycles. The first-order valence-electron chi connectivity index (χ1n) is 16.7. The molecule has 0 bridgehead atoms. The van der Waals surface area contributed by atoms with Gasteiger partial charge in [-0.05, 0) is 76.2 Å². The van der Waals surface area contributed by atoms with Gasteiger partial charge in [-0.3, -0.25) is 10.2 Å². The van der Waals surface area contributed by atoms with Crippen LogP contribution in [0, 0.1) is 5.82 Å². The number of aliphatic hydroxyl groups excluding tert-OH is 1. The summed E-state index contributed by atoms with van der Waals surface area (Å²) in [5, 5.41) is 13.0. The van der Waals surface area contributed by atoms with Gasteiger partial charge in [-0.15, -0.1) is 0 Å². The minimum absolute atomic E-state index is 0.0322. The first-order chi connectivity index (χ1) is 25.0. The van der Waals surface area contributed by atoms with Crippen molar-refractivity contribution in [3.05, 3.63) is 166 Å². The molecule has 258 valence electrons. The molecular formula is C40H37FN6O4. The first kappa shape index (κ1) is 34.8. The summed E-state index contributed by atoms with van der Waals surface area (Å²) >= 11 is 0. The number of aliphatic hydroxyl groups is 1. The molecule has 0 fully saturated rings. The molecule has 3 N–H and O–H groups in total. The van der Waals surface area contributed by atoms with E-state index < -0.39 is 17.6 Å². The van der Waals surface area contributed by atoms with Crippen LogP contribution in [0.3, 0.4) is 0 Å². The highest BCUT2D eigenvalue weighted by molar-refractivity contribution is 6.01. The Morgan fingerprint density at radius 1 is 0.902 bits per heavy atom. The highest BCUT2D eigenvalue weighted by atomic mass is 19.1. The molecule has 51 heavy (non-hydrogen) atoms. The topological polar surface area (TPSA) is 141 Å². The molecule has 1 amide bonds. The van der Waals surface area contributed by atoms with Crippen LogP contribution in [0.2, 0.25) is 0 Å². The Morgan fingerprint density at radius 3 is 2.31 bits per heavy atom. The maximum atomic E-state index is 14.6. The third-order valence-electron chi connectivity index (χ3n) is 8.61. The fourth-order valence-corrected chi connectivity index (χ4v) is 5.97. The Morgan fingerprint density at radius 2 is 1.59 bits per heavy atom. The molecule has 10 nitrogen and oxygen atoms in total. The number of nitrogens with one attached hydrogen (secondary N) is 2. The number of carbonyl (C=O) groups is 1. The molecule has 0 unspecified atom stereocenters. The third-order valence-corrected chi connectivity index (χ3v) is 8.61. The Hall–Kier alpha value is -6.00. The maximum Gasteiger partial charge on any atom is 0.266 e. The standard InChI is InChI=1S/C40H37FN6O4/c41-34-19-11-28(12-20-34)23-24-43-46-39(49)40(27-33-9-4-5-10-36(33)45-47-42)37(31-15-13-30(14-16-31)29-7-2-1-3-8-29)51-38(44-40)32-17-21-35(22-18-32)50-26-6-25-48/h1-5,7-22,37,43,48H,6,23-27H2,(H,46,49)/t37-,40-/m0/s1. The van der Waals surface area contributed by atoms with Gasteiger partial charge >= 0.3 is 0 Å². The van der Waals surface area contributed by atoms with E-state index in [9.17, 15) is 14.7 Å². The van der Waals surface area contributed by atoms with Gasteiger partial charge in [0.05, 0.1) is 6.61 Å². The summed E-state index contributed by atoms with van der Waals surface area (Å²) in [6.07, 6.45) is 0.214. The van der Waals surface area contributed by atoms with Crippen LogP contribution in [0.4, 0.5) is 10.1 Å². The molecule has 0 spiro atoms. The number of carbonyl (C=O) groups excluding carboxylic acids is 1. The van der Waals surface area contributed by atoms with Crippen molar-refractivity contribution in [3.63, 3.8) is 0 Å². The fraction of sp³-hybridized carbons (Fsp3) is 0.200. The van der Waals surface area contributed by atoms with E-state index >= 15 is 0 Å². The smallest absolute Gasteiger partial charge is 0.266 e. The number of rotatable bonds is 15. The maximum absolute atomic E-state index is 14.6. The second-order valence-corrected chi connectivity index (χ2v) is 12.0. The zero-order valence-electron chi connectivity index (χ0n) is 27.8. The third kappa shape index (κ3) is 8.42. The largest absolute Gasteiger partial charge is 0.494 e. The summed E-state index contributed by atoms with van der Waals surface area (Å²) in [7, 11) is 0. The Bertz CT molecular complexity index is 2000. The van der Waals surface area contributed by atoms with Crippen molar-refractivity contribution < 1.29 is 23.8 Å². The number of azide groups is 1. The number of hydrogen-bond donors (Lipinski definition) is 3. The van der Waals surface area contributed by atoms with Crippen LogP contribution in [0.5, 0.6) is 5.75 Å². The van der Waals surface area contributed by atoms with Crippen molar-refractivity contribution in [2.24, 2.45) is 10.1 Å². The minimum Gasteiger partial charge on any atom is -0.494 e. The van der Waals surface area contributed by atoms with E-state index in [0.29, 0.717) is 48.6 Å². The van der Waals surface area contributed by atoms with Crippen LogP contribution >= 0.6 is 0 Å². The highest BCUT2D eigenvalue weighted by Crippen LogP contribution is 2.44. The van der Waals surface area contributed by atoms with Crippen molar-refractivity contribution in [3.8, 4) is 16.9 Å². The lowest BCUT2D eigenvalue weighted by Gasteiger charge is -2.31. The van der Waals surface area contributed by atoms with Gasteiger partial charge in [0.1, 0.15) is 11.6 Å². The molecule has 0 aromatic heterocycles. The number of hydrogen-bond acceptors (Lipinski definition) is 7. The van der Waals surface area contributed by atoms with Crippen LogP contribution in [0.25, 0.3) is 21.6 Å². The van der Waals surface area contributed by atoms with Gasteiger partial charge in [-0.1, -0.05) is 96.1 Å². The molecule has 0 radical (unpaired) electrons. The number of nitrogens with zero attached hydrogens (tertiary/aromatic N) is 4. The van der Waals surface area contributed by atoms with E-state index in [2.05, 4.69) is 20.9 Å². The zero-order chi connectivity index (χ0) is 35.5. The molecule has 1 heterocycles. The molecule has 5 aromatic rings. The normalized spacial score (nSPS) is 16.4.